The molecular weight excluding hydrogens is 378 g/mol. The summed E-state index contributed by atoms with van der Waals surface area (Å²) in [6.07, 6.45) is 1.87. The summed E-state index contributed by atoms with van der Waals surface area (Å²) < 4.78 is 2.88. The quantitative estimate of drug-likeness (QED) is 0.655. The van der Waals surface area contributed by atoms with Crippen molar-refractivity contribution in [3.8, 4) is 5.75 Å². The van der Waals surface area contributed by atoms with Crippen molar-refractivity contribution < 1.29 is 9.90 Å². The molecule has 25 heavy (non-hydrogen) atoms. The van der Waals surface area contributed by atoms with Crippen LogP contribution in [0, 0.1) is 0 Å². The lowest BCUT2D eigenvalue weighted by molar-refractivity contribution is 0.103. The highest BCUT2D eigenvalue weighted by Crippen LogP contribution is 2.40. The van der Waals surface area contributed by atoms with Gasteiger partial charge in [-0.3, -0.25) is 4.79 Å². The minimum Gasteiger partial charge on any atom is -0.507 e. The van der Waals surface area contributed by atoms with Crippen LogP contribution >= 0.6 is 15.9 Å². The Labute approximate surface area is 159 Å². The summed E-state index contributed by atoms with van der Waals surface area (Å²) in [6.45, 7) is 15.1. The number of aryl methyl sites for hydroxylation is 1. The first-order valence-electron chi connectivity index (χ1n) is 8.64. The zero-order valence-corrected chi connectivity index (χ0v) is 17.8. The van der Waals surface area contributed by atoms with Crippen LogP contribution in [0.25, 0.3) is 0 Å². The van der Waals surface area contributed by atoms with E-state index in [-0.39, 0.29) is 16.6 Å². The molecule has 1 aromatic heterocycles. The minimum atomic E-state index is -0.254. The Hall–Kier alpha value is -1.55. The fraction of sp³-hybridized carbons (Fsp3) is 0.476. The molecule has 0 spiro atoms. The molecule has 0 fully saturated rings. The number of hydrogen-bond acceptors (Lipinski definition) is 2. The summed E-state index contributed by atoms with van der Waals surface area (Å²) >= 11 is 3.49. The fourth-order valence-electron chi connectivity index (χ4n) is 2.92. The molecule has 0 aliphatic carbocycles. The van der Waals surface area contributed by atoms with Crippen molar-refractivity contribution in [2.75, 3.05) is 0 Å². The van der Waals surface area contributed by atoms with Gasteiger partial charge >= 0.3 is 0 Å². The van der Waals surface area contributed by atoms with E-state index in [4.69, 9.17) is 0 Å². The first-order valence-corrected chi connectivity index (χ1v) is 9.44. The molecule has 2 aromatic rings. The zero-order chi connectivity index (χ0) is 19.2. The Kier molecular flexibility index (Phi) is 5.25. The van der Waals surface area contributed by atoms with Crippen LogP contribution in [0.5, 0.6) is 5.75 Å². The highest BCUT2D eigenvalue weighted by atomic mass is 79.9. The smallest absolute Gasteiger partial charge is 0.194 e. The largest absolute Gasteiger partial charge is 0.507 e. The molecule has 0 aliphatic heterocycles. The number of phenols is 1. The first kappa shape index (κ1) is 19.8. The molecule has 2 rings (SSSR count). The average Bonchev–Trinajstić information content (AvgIpc) is 2.85. The molecule has 0 unspecified atom stereocenters. The van der Waals surface area contributed by atoms with Crippen molar-refractivity contribution in [2.45, 2.75) is 65.8 Å². The van der Waals surface area contributed by atoms with Crippen LogP contribution < -0.4 is 0 Å². The van der Waals surface area contributed by atoms with Crippen LogP contribution in [0.3, 0.4) is 0 Å². The number of rotatable bonds is 3. The Morgan fingerprint density at radius 3 is 1.84 bits per heavy atom. The number of phenolic OH excluding ortho intramolecular Hbond substituents is 1. The number of benzene rings is 1. The molecule has 0 saturated carbocycles. The van der Waals surface area contributed by atoms with Gasteiger partial charge in [-0.25, -0.2) is 0 Å². The molecule has 1 aromatic carbocycles. The number of carbonyl (C=O) groups excluding carboxylic acids is 1. The van der Waals surface area contributed by atoms with Gasteiger partial charge in [0.2, 0.25) is 0 Å². The molecular formula is C21H28BrNO2. The van der Waals surface area contributed by atoms with Gasteiger partial charge in [-0.1, -0.05) is 41.5 Å². The molecule has 136 valence electrons. The van der Waals surface area contributed by atoms with Crippen molar-refractivity contribution in [1.29, 1.82) is 0 Å². The summed E-state index contributed by atoms with van der Waals surface area (Å²) in [6, 6.07) is 5.53. The Balaban J connectivity index is 2.66. The average molecular weight is 406 g/mol. The standard InChI is InChI=1S/C21H28BrNO2/c1-8-23-12-14(11-17(23)22)18(24)13-9-15(20(2,3)4)19(25)16(10-13)21(5,6)7/h9-12,25H,8H2,1-7H3. The number of aromatic hydroxyl groups is 1. The lowest BCUT2D eigenvalue weighted by atomic mass is 9.78. The predicted molar refractivity (Wildman–Crippen MR) is 107 cm³/mol. The fourth-order valence-corrected chi connectivity index (χ4v) is 3.52. The van der Waals surface area contributed by atoms with Crippen molar-refractivity contribution in [1.82, 2.24) is 4.57 Å². The molecule has 0 aliphatic rings. The number of hydrogen-bond donors (Lipinski definition) is 1. The third-order valence-corrected chi connectivity index (χ3v) is 5.12. The number of nitrogens with zero attached hydrogens (tertiary/aromatic N) is 1. The van der Waals surface area contributed by atoms with E-state index in [9.17, 15) is 9.90 Å². The van der Waals surface area contributed by atoms with Gasteiger partial charge < -0.3 is 9.67 Å². The van der Waals surface area contributed by atoms with E-state index in [1.54, 1.807) is 0 Å². The topological polar surface area (TPSA) is 42.2 Å². The van der Waals surface area contributed by atoms with Crippen LogP contribution in [0.15, 0.2) is 29.0 Å². The van der Waals surface area contributed by atoms with E-state index in [1.165, 1.54) is 0 Å². The minimum absolute atomic E-state index is 0.0242. The summed E-state index contributed by atoms with van der Waals surface area (Å²) in [7, 11) is 0. The van der Waals surface area contributed by atoms with Gasteiger partial charge in [0.1, 0.15) is 5.75 Å². The van der Waals surface area contributed by atoms with E-state index < -0.39 is 0 Å². The Morgan fingerprint density at radius 2 is 1.48 bits per heavy atom. The van der Waals surface area contributed by atoms with E-state index in [0.29, 0.717) is 16.9 Å². The predicted octanol–water partition coefficient (Wildman–Crippen LogP) is 5.80. The maximum absolute atomic E-state index is 13.1. The maximum atomic E-state index is 13.1. The number of halogens is 1. The van der Waals surface area contributed by atoms with E-state index >= 15 is 0 Å². The van der Waals surface area contributed by atoms with Crippen molar-refractivity contribution in [3.05, 3.63) is 51.3 Å². The second kappa shape index (κ2) is 6.64. The number of ketones is 1. The van der Waals surface area contributed by atoms with Gasteiger partial charge in [0, 0.05) is 35.0 Å². The van der Waals surface area contributed by atoms with Crippen LogP contribution in [0.1, 0.15) is 75.5 Å². The highest BCUT2D eigenvalue weighted by Gasteiger charge is 2.28. The lowest BCUT2D eigenvalue weighted by Crippen LogP contribution is -2.19. The molecule has 0 saturated heterocycles. The van der Waals surface area contributed by atoms with Gasteiger partial charge in [0.25, 0.3) is 0 Å². The lowest BCUT2D eigenvalue weighted by Gasteiger charge is -2.28. The summed E-state index contributed by atoms with van der Waals surface area (Å²) in [4.78, 5) is 13.1. The molecule has 0 bridgehead atoms. The van der Waals surface area contributed by atoms with Gasteiger partial charge in [-0.15, -0.1) is 0 Å². The number of carbonyl (C=O) groups is 1. The van der Waals surface area contributed by atoms with Crippen LogP contribution in [0.4, 0.5) is 0 Å². The molecule has 4 heteroatoms. The van der Waals surface area contributed by atoms with Crippen molar-refractivity contribution in [2.24, 2.45) is 0 Å². The summed E-state index contributed by atoms with van der Waals surface area (Å²) in [5.74, 6) is 0.271. The third-order valence-electron chi connectivity index (χ3n) is 4.43. The van der Waals surface area contributed by atoms with E-state index in [0.717, 1.165) is 22.3 Å². The van der Waals surface area contributed by atoms with Crippen molar-refractivity contribution >= 4 is 21.7 Å². The van der Waals surface area contributed by atoms with Gasteiger partial charge in [0.15, 0.2) is 5.78 Å². The Morgan fingerprint density at radius 1 is 1.00 bits per heavy atom. The van der Waals surface area contributed by atoms with Gasteiger partial charge in [-0.2, -0.15) is 0 Å². The highest BCUT2D eigenvalue weighted by molar-refractivity contribution is 9.10. The molecule has 1 heterocycles. The third kappa shape index (κ3) is 4.00. The Bertz CT molecular complexity index is 769. The van der Waals surface area contributed by atoms with E-state index in [1.807, 2.05) is 77.4 Å². The molecule has 1 N–H and O–H groups in total. The first-order chi connectivity index (χ1) is 11.4. The molecule has 3 nitrogen and oxygen atoms in total. The number of aromatic nitrogens is 1. The van der Waals surface area contributed by atoms with Gasteiger partial charge in [0.05, 0.1) is 4.60 Å². The zero-order valence-electron chi connectivity index (χ0n) is 16.2. The summed E-state index contributed by atoms with van der Waals surface area (Å²) in [5, 5.41) is 10.8. The summed E-state index contributed by atoms with van der Waals surface area (Å²) in [5.41, 5.74) is 2.37. The molecule has 0 atom stereocenters. The van der Waals surface area contributed by atoms with Crippen LogP contribution in [0.2, 0.25) is 0 Å². The van der Waals surface area contributed by atoms with E-state index in [2.05, 4.69) is 15.9 Å². The SMILES string of the molecule is CCn1cc(C(=O)c2cc(C(C)(C)C)c(O)c(C(C)(C)C)c2)cc1Br. The monoisotopic (exact) mass is 405 g/mol. The second-order valence-corrected chi connectivity index (χ2v) is 9.40. The molecule has 0 amide bonds. The second-order valence-electron chi connectivity index (χ2n) is 8.59. The van der Waals surface area contributed by atoms with Gasteiger partial charge in [-0.05, 0) is 51.9 Å². The van der Waals surface area contributed by atoms with Crippen LogP contribution in [-0.2, 0) is 17.4 Å². The maximum Gasteiger partial charge on any atom is 0.194 e. The van der Waals surface area contributed by atoms with Crippen LogP contribution in [-0.4, -0.2) is 15.5 Å². The molecule has 0 radical (unpaired) electrons. The van der Waals surface area contributed by atoms with Crippen molar-refractivity contribution in [3.63, 3.8) is 0 Å². The normalized spacial score (nSPS) is 12.5.